The molecule has 0 bridgehead atoms. The van der Waals surface area contributed by atoms with E-state index in [1.807, 2.05) is 0 Å². The summed E-state index contributed by atoms with van der Waals surface area (Å²) in [5, 5.41) is 0. The van der Waals surface area contributed by atoms with Crippen LogP contribution in [-0.2, 0) is 9.05 Å². The normalized spacial score (nSPS) is 11.6. The van der Waals surface area contributed by atoms with Crippen molar-refractivity contribution < 1.29 is 21.9 Å². The van der Waals surface area contributed by atoms with Crippen LogP contribution in [-0.4, -0.2) is 20.8 Å². The van der Waals surface area contributed by atoms with Gasteiger partial charge in [-0.1, -0.05) is 0 Å². The Balaban J connectivity index is 2.34. The SMILES string of the molecule is O=S(=O)(Cl)CCCCCOc1c(F)cc(F)cc1Br. The molecule has 0 spiro atoms. The molecule has 19 heavy (non-hydrogen) atoms. The number of hydrogen-bond donors (Lipinski definition) is 0. The Bertz CT molecular complexity index is 514. The molecule has 1 aromatic carbocycles. The highest BCUT2D eigenvalue weighted by Gasteiger charge is 2.11. The summed E-state index contributed by atoms with van der Waals surface area (Å²) in [5.41, 5.74) is 0. The molecule has 1 rings (SSSR count). The minimum Gasteiger partial charge on any atom is -0.489 e. The zero-order valence-electron chi connectivity index (χ0n) is 9.84. The minimum atomic E-state index is -3.46. The van der Waals surface area contributed by atoms with E-state index in [4.69, 9.17) is 15.4 Å². The van der Waals surface area contributed by atoms with Gasteiger partial charge in [-0.3, -0.25) is 0 Å². The van der Waals surface area contributed by atoms with Crippen LogP contribution in [0.25, 0.3) is 0 Å². The molecule has 0 atom stereocenters. The van der Waals surface area contributed by atoms with Crippen molar-refractivity contribution in [2.24, 2.45) is 0 Å². The standard InChI is InChI=1S/C11H12BrClF2O3S/c12-9-6-8(14)7-10(15)11(9)18-4-2-1-3-5-19(13,16)17/h6-7H,1-5H2. The molecule has 108 valence electrons. The van der Waals surface area contributed by atoms with Gasteiger partial charge in [-0.2, -0.15) is 0 Å². The van der Waals surface area contributed by atoms with Crippen molar-refractivity contribution in [2.45, 2.75) is 19.3 Å². The Kier molecular flexibility index (Phi) is 6.49. The molecule has 0 aromatic heterocycles. The Labute approximate surface area is 123 Å². The maximum atomic E-state index is 13.4. The molecule has 0 amide bonds. The van der Waals surface area contributed by atoms with Crippen molar-refractivity contribution in [2.75, 3.05) is 12.4 Å². The zero-order chi connectivity index (χ0) is 14.5. The van der Waals surface area contributed by atoms with Gasteiger partial charge in [0.25, 0.3) is 0 Å². The van der Waals surface area contributed by atoms with Crippen LogP contribution in [0, 0.1) is 11.6 Å². The van der Waals surface area contributed by atoms with Crippen molar-refractivity contribution in [3.63, 3.8) is 0 Å². The lowest BCUT2D eigenvalue weighted by molar-refractivity contribution is 0.288. The average Bonchev–Trinajstić information content (AvgIpc) is 2.24. The summed E-state index contributed by atoms with van der Waals surface area (Å²) in [6.07, 6.45) is 1.56. The second-order valence-corrected chi connectivity index (χ2v) is 7.60. The van der Waals surface area contributed by atoms with Crippen LogP contribution in [0.1, 0.15) is 19.3 Å². The highest BCUT2D eigenvalue weighted by molar-refractivity contribution is 9.10. The summed E-state index contributed by atoms with van der Waals surface area (Å²) < 4.78 is 52.9. The molecule has 0 heterocycles. The van der Waals surface area contributed by atoms with Gasteiger partial charge in [0.05, 0.1) is 16.8 Å². The first-order valence-corrected chi connectivity index (χ1v) is 8.76. The first-order valence-electron chi connectivity index (χ1n) is 5.49. The van der Waals surface area contributed by atoms with Crippen molar-refractivity contribution in [1.82, 2.24) is 0 Å². The Morgan fingerprint density at radius 3 is 2.47 bits per heavy atom. The molecule has 0 aliphatic carbocycles. The van der Waals surface area contributed by atoms with Gasteiger partial charge in [0.1, 0.15) is 5.82 Å². The number of hydrogen-bond acceptors (Lipinski definition) is 3. The van der Waals surface area contributed by atoms with E-state index >= 15 is 0 Å². The second kappa shape index (κ2) is 7.40. The molecule has 0 saturated carbocycles. The van der Waals surface area contributed by atoms with Crippen molar-refractivity contribution >= 4 is 35.7 Å². The van der Waals surface area contributed by atoms with Crippen LogP contribution < -0.4 is 4.74 Å². The monoisotopic (exact) mass is 376 g/mol. The van der Waals surface area contributed by atoms with Crippen LogP contribution in [0.3, 0.4) is 0 Å². The third-order valence-corrected chi connectivity index (χ3v) is 4.07. The maximum Gasteiger partial charge on any atom is 0.232 e. The summed E-state index contributed by atoms with van der Waals surface area (Å²) in [7, 11) is 1.59. The fourth-order valence-electron chi connectivity index (χ4n) is 1.39. The van der Waals surface area contributed by atoms with Crippen LogP contribution in [0.5, 0.6) is 5.75 Å². The fraction of sp³-hybridized carbons (Fsp3) is 0.455. The fourth-order valence-corrected chi connectivity index (χ4v) is 2.79. The lowest BCUT2D eigenvalue weighted by Gasteiger charge is -2.09. The lowest BCUT2D eigenvalue weighted by Crippen LogP contribution is -2.02. The zero-order valence-corrected chi connectivity index (χ0v) is 13.0. The van der Waals surface area contributed by atoms with Gasteiger partial charge in [-0.15, -0.1) is 0 Å². The van der Waals surface area contributed by atoms with E-state index in [9.17, 15) is 17.2 Å². The largest absolute Gasteiger partial charge is 0.489 e. The Morgan fingerprint density at radius 2 is 1.89 bits per heavy atom. The summed E-state index contributed by atoms with van der Waals surface area (Å²) in [6, 6.07) is 1.85. The number of unbranched alkanes of at least 4 members (excludes halogenated alkanes) is 2. The highest BCUT2D eigenvalue weighted by Crippen LogP contribution is 2.29. The summed E-state index contributed by atoms with van der Waals surface area (Å²) >= 11 is 3.01. The molecular weight excluding hydrogens is 366 g/mol. The van der Waals surface area contributed by atoms with E-state index in [0.29, 0.717) is 19.3 Å². The number of benzene rings is 1. The molecule has 8 heteroatoms. The van der Waals surface area contributed by atoms with E-state index in [1.54, 1.807) is 0 Å². The molecular formula is C11H12BrClF2O3S. The summed E-state index contributed by atoms with van der Waals surface area (Å²) in [6.45, 7) is 0.212. The molecule has 0 N–H and O–H groups in total. The van der Waals surface area contributed by atoms with E-state index in [-0.39, 0.29) is 22.6 Å². The predicted octanol–water partition coefficient (Wildman–Crippen LogP) is 3.85. The number of rotatable bonds is 7. The van der Waals surface area contributed by atoms with Gasteiger partial charge in [-0.25, -0.2) is 17.2 Å². The van der Waals surface area contributed by atoms with Crippen LogP contribution in [0.15, 0.2) is 16.6 Å². The average molecular weight is 378 g/mol. The molecule has 1 aromatic rings. The van der Waals surface area contributed by atoms with E-state index < -0.39 is 20.7 Å². The topological polar surface area (TPSA) is 43.4 Å². The van der Waals surface area contributed by atoms with E-state index in [1.165, 1.54) is 0 Å². The van der Waals surface area contributed by atoms with Gasteiger partial charge in [0.15, 0.2) is 11.6 Å². The van der Waals surface area contributed by atoms with Crippen molar-refractivity contribution in [3.05, 3.63) is 28.2 Å². The molecule has 0 unspecified atom stereocenters. The summed E-state index contributed by atoms with van der Waals surface area (Å²) in [4.78, 5) is 0. The second-order valence-electron chi connectivity index (χ2n) is 3.85. The van der Waals surface area contributed by atoms with Gasteiger partial charge in [0.2, 0.25) is 9.05 Å². The quantitative estimate of drug-likeness (QED) is 0.535. The maximum absolute atomic E-state index is 13.4. The first kappa shape index (κ1) is 16.7. The smallest absolute Gasteiger partial charge is 0.232 e. The van der Waals surface area contributed by atoms with E-state index in [0.717, 1.165) is 12.1 Å². The molecule has 0 saturated heterocycles. The van der Waals surface area contributed by atoms with Gasteiger partial charge < -0.3 is 4.74 Å². The Hall–Kier alpha value is -0.400. The molecule has 0 aliphatic rings. The predicted molar refractivity (Wildman–Crippen MR) is 73.0 cm³/mol. The molecule has 0 radical (unpaired) electrons. The van der Waals surface area contributed by atoms with Crippen molar-refractivity contribution in [3.8, 4) is 5.75 Å². The number of ether oxygens (including phenoxy) is 1. The van der Waals surface area contributed by atoms with E-state index in [2.05, 4.69) is 15.9 Å². The van der Waals surface area contributed by atoms with Gasteiger partial charge in [-0.05, 0) is 41.3 Å². The molecule has 0 fully saturated rings. The van der Waals surface area contributed by atoms with Gasteiger partial charge >= 0.3 is 0 Å². The highest BCUT2D eigenvalue weighted by atomic mass is 79.9. The third kappa shape index (κ3) is 6.54. The first-order chi connectivity index (χ1) is 8.79. The van der Waals surface area contributed by atoms with Crippen LogP contribution in [0.2, 0.25) is 0 Å². The number of halogens is 4. The van der Waals surface area contributed by atoms with Gasteiger partial charge in [0, 0.05) is 16.7 Å². The van der Waals surface area contributed by atoms with Crippen LogP contribution in [0.4, 0.5) is 8.78 Å². The summed E-state index contributed by atoms with van der Waals surface area (Å²) in [5.74, 6) is -1.62. The minimum absolute atomic E-state index is 0.0497. The lowest BCUT2D eigenvalue weighted by atomic mass is 10.2. The molecule has 3 nitrogen and oxygen atoms in total. The molecule has 0 aliphatic heterocycles. The van der Waals surface area contributed by atoms with Crippen LogP contribution >= 0.6 is 26.6 Å². The Morgan fingerprint density at radius 1 is 1.21 bits per heavy atom. The van der Waals surface area contributed by atoms with Crippen molar-refractivity contribution in [1.29, 1.82) is 0 Å². The third-order valence-electron chi connectivity index (χ3n) is 2.24.